The third-order valence-electron chi connectivity index (χ3n) is 2.60. The predicted octanol–water partition coefficient (Wildman–Crippen LogP) is -0.0828. The number of hydrogen-bond donors (Lipinski definition) is 2. The fourth-order valence-electron chi connectivity index (χ4n) is 1.45. The van der Waals surface area contributed by atoms with E-state index in [2.05, 4.69) is 10.3 Å². The third-order valence-corrected chi connectivity index (χ3v) is 2.60. The molecule has 0 aliphatic carbocycles. The van der Waals surface area contributed by atoms with Crippen LogP contribution in [0.5, 0.6) is 0 Å². The average Bonchev–Trinajstić information content (AvgIpc) is 2.50. The minimum atomic E-state index is -0.144. The van der Waals surface area contributed by atoms with Crippen LogP contribution in [0.25, 0.3) is 0 Å². The van der Waals surface area contributed by atoms with E-state index in [1.807, 2.05) is 11.9 Å². The molecule has 0 unspecified atom stereocenters. The highest BCUT2D eigenvalue weighted by molar-refractivity contribution is 5.88. The zero-order valence-corrected chi connectivity index (χ0v) is 13.0. The van der Waals surface area contributed by atoms with E-state index < -0.39 is 0 Å². The van der Waals surface area contributed by atoms with Gasteiger partial charge in [-0.15, -0.1) is 0 Å². The molecule has 3 N–H and O–H groups in total. The molecule has 7 nitrogen and oxygen atoms in total. The summed E-state index contributed by atoms with van der Waals surface area (Å²) >= 11 is 0. The first kappa shape index (κ1) is 18.9. The zero-order chi connectivity index (χ0) is 16.1. The lowest BCUT2D eigenvalue weighted by atomic mass is 10.3. The van der Waals surface area contributed by atoms with Gasteiger partial charge in [0.1, 0.15) is 0 Å². The molecule has 0 aromatic rings. The second-order valence-electron chi connectivity index (χ2n) is 4.35. The van der Waals surface area contributed by atoms with Crippen LogP contribution in [0.15, 0.2) is 29.4 Å². The van der Waals surface area contributed by atoms with Crippen LogP contribution in [0.1, 0.15) is 12.8 Å². The first-order valence-electron chi connectivity index (χ1n) is 6.77. The van der Waals surface area contributed by atoms with Crippen molar-refractivity contribution in [2.45, 2.75) is 12.8 Å². The van der Waals surface area contributed by atoms with Crippen molar-refractivity contribution in [3.63, 3.8) is 0 Å². The lowest BCUT2D eigenvalue weighted by molar-refractivity contribution is -0.116. The molecule has 118 valence electrons. The Morgan fingerprint density at radius 3 is 2.62 bits per heavy atom. The number of allylic oxidation sites excluding steroid dienone is 2. The lowest BCUT2D eigenvalue weighted by Gasteiger charge is -2.24. The van der Waals surface area contributed by atoms with Crippen molar-refractivity contribution < 1.29 is 9.59 Å². The standard InChI is InChI=1S/C14H25N5O2/c1-16-13(21)8-5-4-6-10-17-14(19(3)12-20)18(2)11-7-9-15/h5-6,8,10,12H,4,7,9,11,15H2,1-3H3,(H,16,21)/b8-5-,10-6+,17-14?. The van der Waals surface area contributed by atoms with Crippen molar-refractivity contribution in [1.82, 2.24) is 15.1 Å². The van der Waals surface area contributed by atoms with Crippen LogP contribution < -0.4 is 11.1 Å². The van der Waals surface area contributed by atoms with Gasteiger partial charge in [-0.3, -0.25) is 14.5 Å². The van der Waals surface area contributed by atoms with E-state index in [9.17, 15) is 9.59 Å². The zero-order valence-electron chi connectivity index (χ0n) is 13.0. The van der Waals surface area contributed by atoms with Crippen LogP contribution in [0.2, 0.25) is 0 Å². The molecule has 21 heavy (non-hydrogen) atoms. The molecule has 0 aliphatic heterocycles. The average molecular weight is 295 g/mol. The van der Waals surface area contributed by atoms with Crippen LogP contribution in [0.3, 0.4) is 0 Å². The molecule has 0 aliphatic rings. The molecular weight excluding hydrogens is 270 g/mol. The largest absolute Gasteiger partial charge is 0.356 e. The molecule has 0 bridgehead atoms. The Kier molecular flexibility index (Phi) is 10.5. The summed E-state index contributed by atoms with van der Waals surface area (Å²) < 4.78 is 0. The maximum absolute atomic E-state index is 11.0. The molecular formula is C14H25N5O2. The Morgan fingerprint density at radius 1 is 1.33 bits per heavy atom. The maximum Gasteiger partial charge on any atom is 0.243 e. The van der Waals surface area contributed by atoms with Gasteiger partial charge >= 0.3 is 0 Å². The van der Waals surface area contributed by atoms with Gasteiger partial charge in [-0.05, 0) is 25.5 Å². The second-order valence-corrected chi connectivity index (χ2v) is 4.35. The number of rotatable bonds is 8. The summed E-state index contributed by atoms with van der Waals surface area (Å²) in [4.78, 5) is 29.4. The van der Waals surface area contributed by atoms with E-state index in [1.54, 1.807) is 32.4 Å². The molecule has 0 aromatic heterocycles. The molecule has 0 aromatic carbocycles. The van der Waals surface area contributed by atoms with Crippen molar-refractivity contribution in [3.8, 4) is 0 Å². The molecule has 0 saturated heterocycles. The van der Waals surface area contributed by atoms with Crippen molar-refractivity contribution in [2.24, 2.45) is 10.7 Å². The van der Waals surface area contributed by atoms with E-state index in [1.165, 1.54) is 11.0 Å². The number of likely N-dealkylation sites (N-methyl/N-ethyl adjacent to an activating group) is 1. The van der Waals surface area contributed by atoms with Gasteiger partial charge in [-0.1, -0.05) is 12.2 Å². The third kappa shape index (κ3) is 8.59. The summed E-state index contributed by atoms with van der Waals surface area (Å²) in [6.45, 7) is 1.31. The summed E-state index contributed by atoms with van der Waals surface area (Å²) in [7, 11) is 5.07. The molecule has 0 rings (SSSR count). The van der Waals surface area contributed by atoms with Gasteiger partial charge < -0.3 is 16.0 Å². The van der Waals surface area contributed by atoms with Gasteiger partial charge in [0.05, 0.1) is 0 Å². The monoisotopic (exact) mass is 295 g/mol. The Balaban J connectivity index is 4.58. The van der Waals surface area contributed by atoms with Crippen molar-refractivity contribution >= 4 is 18.3 Å². The van der Waals surface area contributed by atoms with E-state index >= 15 is 0 Å². The number of carbonyl (C=O) groups is 2. The first-order valence-corrected chi connectivity index (χ1v) is 6.77. The number of nitrogens with two attached hydrogens (primary N) is 1. The van der Waals surface area contributed by atoms with Gasteiger partial charge in [0.15, 0.2) is 0 Å². The quantitative estimate of drug-likeness (QED) is 0.283. The van der Waals surface area contributed by atoms with Crippen LogP contribution >= 0.6 is 0 Å². The summed E-state index contributed by atoms with van der Waals surface area (Å²) in [5.41, 5.74) is 5.47. The minimum Gasteiger partial charge on any atom is -0.356 e. The van der Waals surface area contributed by atoms with E-state index in [4.69, 9.17) is 5.73 Å². The minimum absolute atomic E-state index is 0.144. The van der Waals surface area contributed by atoms with Crippen LogP contribution in [0.4, 0.5) is 0 Å². The lowest BCUT2D eigenvalue weighted by Crippen LogP contribution is -2.40. The number of hydrogen-bond acceptors (Lipinski definition) is 4. The molecule has 7 heteroatoms. The van der Waals surface area contributed by atoms with Crippen molar-refractivity contribution in [1.29, 1.82) is 0 Å². The maximum atomic E-state index is 11.0. The van der Waals surface area contributed by atoms with Crippen LogP contribution in [0, 0.1) is 0 Å². The molecule has 0 fully saturated rings. The summed E-state index contributed by atoms with van der Waals surface area (Å²) in [5, 5.41) is 2.49. The van der Waals surface area contributed by atoms with E-state index in [0.717, 1.165) is 13.0 Å². The number of guanidine groups is 1. The van der Waals surface area contributed by atoms with Gasteiger partial charge in [-0.25, -0.2) is 4.99 Å². The molecule has 0 spiro atoms. The summed E-state index contributed by atoms with van der Waals surface area (Å²) in [6.07, 6.45) is 8.71. The Labute approximate surface area is 126 Å². The van der Waals surface area contributed by atoms with E-state index in [0.29, 0.717) is 25.3 Å². The van der Waals surface area contributed by atoms with E-state index in [-0.39, 0.29) is 5.91 Å². The van der Waals surface area contributed by atoms with Crippen molar-refractivity contribution in [2.75, 3.05) is 34.2 Å². The summed E-state index contributed by atoms with van der Waals surface area (Å²) in [5.74, 6) is 0.403. The smallest absolute Gasteiger partial charge is 0.243 e. The second kappa shape index (κ2) is 11.7. The van der Waals surface area contributed by atoms with Gasteiger partial charge in [-0.2, -0.15) is 0 Å². The molecule has 0 atom stereocenters. The molecule has 0 saturated carbocycles. The highest BCUT2D eigenvalue weighted by atomic mass is 16.1. The van der Waals surface area contributed by atoms with Gasteiger partial charge in [0.2, 0.25) is 18.3 Å². The number of nitrogens with one attached hydrogen (secondary N) is 1. The Bertz CT molecular complexity index is 404. The topological polar surface area (TPSA) is 91.0 Å². The predicted molar refractivity (Wildman–Crippen MR) is 84.5 cm³/mol. The SMILES string of the molecule is CNC(=O)/C=C\C/C=C/N=C(N(C)C=O)N(C)CCCN. The normalized spacial score (nSPS) is 11.9. The van der Waals surface area contributed by atoms with Gasteiger partial charge in [0, 0.05) is 33.9 Å². The number of carbonyl (C=O) groups excluding carboxylic acids is 2. The molecule has 0 heterocycles. The number of aliphatic imine (C=N–C) groups is 1. The Hall–Kier alpha value is -2.15. The first-order chi connectivity index (χ1) is 10.1. The highest BCUT2D eigenvalue weighted by Gasteiger charge is 2.09. The Morgan fingerprint density at radius 2 is 2.05 bits per heavy atom. The molecule has 0 radical (unpaired) electrons. The fraction of sp³-hybridized carbons (Fsp3) is 0.500. The fourth-order valence-corrected chi connectivity index (χ4v) is 1.45. The highest BCUT2D eigenvalue weighted by Crippen LogP contribution is 1.96. The number of nitrogens with zero attached hydrogens (tertiary/aromatic N) is 3. The number of amides is 2. The van der Waals surface area contributed by atoms with Gasteiger partial charge in [0.25, 0.3) is 0 Å². The van der Waals surface area contributed by atoms with Crippen LogP contribution in [-0.4, -0.2) is 62.3 Å². The molecule has 2 amide bonds. The van der Waals surface area contributed by atoms with Crippen LogP contribution in [-0.2, 0) is 9.59 Å². The summed E-state index contributed by atoms with van der Waals surface area (Å²) in [6, 6.07) is 0. The van der Waals surface area contributed by atoms with Crippen molar-refractivity contribution in [3.05, 3.63) is 24.4 Å².